The summed E-state index contributed by atoms with van der Waals surface area (Å²) in [6.45, 7) is 1.86. The van der Waals surface area contributed by atoms with Crippen molar-refractivity contribution in [3.05, 3.63) is 35.0 Å². The maximum atomic E-state index is 12.1. The molecule has 2 aromatic heterocycles. The van der Waals surface area contributed by atoms with Crippen LogP contribution < -0.4 is 4.72 Å². The number of hydrogen-bond donors (Lipinski definition) is 1. The Morgan fingerprint density at radius 2 is 2.21 bits per heavy atom. The number of thiophene rings is 1. The first kappa shape index (κ1) is 12.6. The van der Waals surface area contributed by atoms with Gasteiger partial charge < -0.3 is 0 Å². The summed E-state index contributed by atoms with van der Waals surface area (Å²) >= 11 is 1.19. The van der Waals surface area contributed by atoms with E-state index in [9.17, 15) is 8.42 Å². The van der Waals surface area contributed by atoms with Gasteiger partial charge in [0.2, 0.25) is 5.95 Å². The summed E-state index contributed by atoms with van der Waals surface area (Å²) in [5, 5.41) is 1.80. The molecule has 0 unspecified atom stereocenters. The van der Waals surface area contributed by atoms with Crippen LogP contribution in [0.5, 0.6) is 0 Å². The quantitative estimate of drug-likeness (QED) is 0.940. The predicted octanol–water partition coefficient (Wildman–Crippen LogP) is 2.52. The van der Waals surface area contributed by atoms with Gasteiger partial charge in [0.05, 0.1) is 0 Å². The van der Waals surface area contributed by atoms with Gasteiger partial charge in [0.15, 0.2) is 0 Å². The molecule has 19 heavy (non-hydrogen) atoms. The number of anilines is 1. The summed E-state index contributed by atoms with van der Waals surface area (Å²) in [4.78, 5) is 8.23. The zero-order valence-electron chi connectivity index (χ0n) is 10.3. The van der Waals surface area contributed by atoms with E-state index in [1.807, 2.05) is 13.0 Å². The number of hydrogen-bond acceptors (Lipinski definition) is 5. The molecule has 3 rings (SSSR count). The summed E-state index contributed by atoms with van der Waals surface area (Å²) in [5.41, 5.74) is 1.84. The van der Waals surface area contributed by atoms with E-state index < -0.39 is 10.0 Å². The molecule has 0 bridgehead atoms. The van der Waals surface area contributed by atoms with Crippen LogP contribution in [0.2, 0.25) is 0 Å². The van der Waals surface area contributed by atoms with E-state index in [4.69, 9.17) is 0 Å². The third kappa shape index (κ3) is 2.76. The molecule has 1 saturated carbocycles. The first-order chi connectivity index (χ1) is 9.04. The minimum atomic E-state index is -3.57. The molecule has 2 aromatic rings. The van der Waals surface area contributed by atoms with Crippen molar-refractivity contribution in [2.45, 2.75) is 29.9 Å². The molecule has 7 heteroatoms. The van der Waals surface area contributed by atoms with Gasteiger partial charge in [0.1, 0.15) is 4.21 Å². The number of aryl methyl sites for hydroxylation is 1. The second-order valence-corrected chi connectivity index (χ2v) is 7.45. The number of nitrogens with zero attached hydrogens (tertiary/aromatic N) is 2. The Morgan fingerprint density at radius 1 is 1.42 bits per heavy atom. The van der Waals surface area contributed by atoms with Crippen LogP contribution in [0.25, 0.3) is 0 Å². The van der Waals surface area contributed by atoms with E-state index in [1.54, 1.807) is 17.6 Å². The first-order valence-corrected chi connectivity index (χ1v) is 8.32. The lowest BCUT2D eigenvalue weighted by molar-refractivity contribution is 0.602. The van der Waals surface area contributed by atoms with E-state index in [-0.39, 0.29) is 10.2 Å². The molecule has 0 aromatic carbocycles. The highest BCUT2D eigenvalue weighted by Crippen LogP contribution is 2.39. The number of sulfonamides is 1. The van der Waals surface area contributed by atoms with Crippen LogP contribution >= 0.6 is 11.3 Å². The molecule has 5 nitrogen and oxygen atoms in total. The molecule has 2 heterocycles. The molecule has 1 N–H and O–H groups in total. The van der Waals surface area contributed by atoms with Crippen molar-refractivity contribution < 1.29 is 8.42 Å². The molecule has 1 aliphatic rings. The Bertz CT molecular complexity index is 705. The third-order valence-corrected chi connectivity index (χ3v) is 5.76. The molecule has 1 aliphatic carbocycles. The second-order valence-electron chi connectivity index (χ2n) is 4.63. The fourth-order valence-electron chi connectivity index (χ4n) is 1.74. The molecule has 1 fully saturated rings. The van der Waals surface area contributed by atoms with Gasteiger partial charge in [-0.15, -0.1) is 11.3 Å². The predicted molar refractivity (Wildman–Crippen MR) is 73.9 cm³/mol. The van der Waals surface area contributed by atoms with Crippen LogP contribution in [0.15, 0.2) is 27.9 Å². The van der Waals surface area contributed by atoms with Crippen molar-refractivity contribution in [3.8, 4) is 0 Å². The maximum absolute atomic E-state index is 12.1. The lowest BCUT2D eigenvalue weighted by atomic mass is 10.3. The van der Waals surface area contributed by atoms with Gasteiger partial charge >= 0.3 is 0 Å². The van der Waals surface area contributed by atoms with Crippen LogP contribution in [-0.2, 0) is 10.0 Å². The molecule has 100 valence electrons. The van der Waals surface area contributed by atoms with Gasteiger partial charge in [-0.05, 0) is 42.8 Å². The van der Waals surface area contributed by atoms with Crippen LogP contribution in [0, 0.1) is 6.92 Å². The number of aromatic nitrogens is 2. The zero-order valence-corrected chi connectivity index (χ0v) is 12.0. The summed E-state index contributed by atoms with van der Waals surface area (Å²) < 4.78 is 27.0. The first-order valence-electron chi connectivity index (χ1n) is 5.95. The molecule has 0 spiro atoms. The Hall–Kier alpha value is -1.47. The van der Waals surface area contributed by atoms with Crippen molar-refractivity contribution in [2.75, 3.05) is 4.72 Å². The van der Waals surface area contributed by atoms with Gasteiger partial charge in [-0.2, -0.15) is 0 Å². The highest BCUT2D eigenvalue weighted by molar-refractivity contribution is 7.94. The van der Waals surface area contributed by atoms with Gasteiger partial charge in [0.25, 0.3) is 10.0 Å². The molecular formula is C12H13N3O2S2. The van der Waals surface area contributed by atoms with Crippen LogP contribution in [0.4, 0.5) is 5.95 Å². The number of nitrogens with one attached hydrogen (secondary N) is 1. The second kappa shape index (κ2) is 4.57. The zero-order chi connectivity index (χ0) is 13.5. The highest BCUT2D eigenvalue weighted by atomic mass is 32.2. The van der Waals surface area contributed by atoms with Gasteiger partial charge in [0, 0.05) is 17.8 Å². The number of rotatable bonds is 4. The Labute approximate surface area is 115 Å². The van der Waals surface area contributed by atoms with Crippen LogP contribution in [-0.4, -0.2) is 18.4 Å². The monoisotopic (exact) mass is 295 g/mol. The van der Waals surface area contributed by atoms with E-state index in [1.165, 1.54) is 11.3 Å². The maximum Gasteiger partial charge on any atom is 0.273 e. The van der Waals surface area contributed by atoms with E-state index >= 15 is 0 Å². The smallest absolute Gasteiger partial charge is 0.247 e. The van der Waals surface area contributed by atoms with Crippen molar-refractivity contribution in [3.63, 3.8) is 0 Å². The van der Waals surface area contributed by atoms with Gasteiger partial charge in [-0.1, -0.05) is 0 Å². The van der Waals surface area contributed by atoms with Gasteiger partial charge in [-0.3, -0.25) is 0 Å². The molecular weight excluding hydrogens is 282 g/mol. The van der Waals surface area contributed by atoms with Crippen molar-refractivity contribution in [1.29, 1.82) is 0 Å². The van der Waals surface area contributed by atoms with E-state index in [0.717, 1.165) is 24.1 Å². The fraction of sp³-hybridized carbons (Fsp3) is 0.333. The fourth-order valence-corrected chi connectivity index (χ4v) is 3.93. The van der Waals surface area contributed by atoms with Crippen molar-refractivity contribution >= 4 is 27.3 Å². The average molecular weight is 295 g/mol. The summed E-state index contributed by atoms with van der Waals surface area (Å²) in [6, 6.07) is 3.47. The minimum Gasteiger partial charge on any atom is -0.247 e. The average Bonchev–Trinajstić information content (AvgIpc) is 3.11. The molecule has 0 amide bonds. The van der Waals surface area contributed by atoms with Crippen molar-refractivity contribution in [1.82, 2.24) is 9.97 Å². The SMILES string of the molecule is Cc1csc(S(=O)(=O)Nc2nccc(C3CC3)n2)c1. The molecule has 0 radical (unpaired) electrons. The van der Waals surface area contributed by atoms with Crippen molar-refractivity contribution in [2.24, 2.45) is 0 Å². The lowest BCUT2D eigenvalue weighted by Crippen LogP contribution is -2.14. The molecule has 0 saturated heterocycles. The summed E-state index contributed by atoms with van der Waals surface area (Å²) in [6.07, 6.45) is 3.83. The molecule has 0 aliphatic heterocycles. The summed E-state index contributed by atoms with van der Waals surface area (Å²) in [5.74, 6) is 0.616. The van der Waals surface area contributed by atoms with Crippen LogP contribution in [0.3, 0.4) is 0 Å². The Morgan fingerprint density at radius 3 is 2.84 bits per heavy atom. The minimum absolute atomic E-state index is 0.149. The highest BCUT2D eigenvalue weighted by Gasteiger charge is 2.26. The largest absolute Gasteiger partial charge is 0.273 e. The Kier molecular flexibility index (Phi) is 3.02. The molecule has 0 atom stereocenters. The topological polar surface area (TPSA) is 72.0 Å². The normalized spacial score (nSPS) is 15.4. The standard InChI is InChI=1S/C12H13N3O2S2/c1-8-6-11(18-7-8)19(16,17)15-12-13-5-4-10(14-12)9-2-3-9/h4-7,9H,2-3H2,1H3,(H,13,14,15). The van der Waals surface area contributed by atoms with Crippen LogP contribution in [0.1, 0.15) is 30.0 Å². The van der Waals surface area contributed by atoms with E-state index in [0.29, 0.717) is 5.92 Å². The lowest BCUT2D eigenvalue weighted by Gasteiger charge is -2.05. The third-order valence-electron chi connectivity index (χ3n) is 2.87. The van der Waals surface area contributed by atoms with E-state index in [2.05, 4.69) is 14.7 Å². The Balaban J connectivity index is 1.86. The summed E-state index contributed by atoms with van der Waals surface area (Å²) in [7, 11) is -3.57. The van der Waals surface area contributed by atoms with Gasteiger partial charge in [-0.25, -0.2) is 23.1 Å².